The third-order valence-corrected chi connectivity index (χ3v) is 4.98. The van der Waals surface area contributed by atoms with E-state index in [1.807, 2.05) is 49.4 Å². The van der Waals surface area contributed by atoms with Crippen molar-refractivity contribution in [2.75, 3.05) is 11.5 Å². The molecular formula is C25H20N2O4S. The van der Waals surface area contributed by atoms with Gasteiger partial charge in [0.15, 0.2) is 5.11 Å². The summed E-state index contributed by atoms with van der Waals surface area (Å²) in [5.41, 5.74) is 1.12. The summed E-state index contributed by atoms with van der Waals surface area (Å²) in [6.45, 7) is 2.33. The minimum Gasteiger partial charge on any atom is -0.493 e. The molecule has 0 unspecified atom stereocenters. The number of anilines is 1. The first-order valence-corrected chi connectivity index (χ1v) is 10.4. The summed E-state index contributed by atoms with van der Waals surface area (Å²) in [7, 11) is 0. The molecule has 6 nitrogen and oxygen atoms in total. The second kappa shape index (κ2) is 9.45. The van der Waals surface area contributed by atoms with Crippen molar-refractivity contribution in [1.29, 1.82) is 0 Å². The van der Waals surface area contributed by atoms with Gasteiger partial charge in [0.05, 0.1) is 12.3 Å². The van der Waals surface area contributed by atoms with Gasteiger partial charge in [-0.2, -0.15) is 0 Å². The molecule has 0 atom stereocenters. The van der Waals surface area contributed by atoms with Crippen molar-refractivity contribution < 1.29 is 19.1 Å². The predicted octanol–water partition coefficient (Wildman–Crippen LogP) is 4.71. The zero-order valence-electron chi connectivity index (χ0n) is 17.3. The van der Waals surface area contributed by atoms with E-state index in [1.54, 1.807) is 36.4 Å². The summed E-state index contributed by atoms with van der Waals surface area (Å²) in [5.74, 6) is 0.842. The minimum atomic E-state index is -0.549. The second-order valence-corrected chi connectivity index (χ2v) is 7.22. The SMILES string of the molecule is CCOc1ccccc1/C=C1\C(=O)NC(=S)N(c2ccc(Oc3ccccc3)cc2)C1=O. The summed E-state index contributed by atoms with van der Waals surface area (Å²) in [6, 6.07) is 23.5. The smallest absolute Gasteiger partial charge is 0.270 e. The van der Waals surface area contributed by atoms with Crippen LogP contribution in [0.3, 0.4) is 0 Å². The fourth-order valence-electron chi connectivity index (χ4n) is 3.22. The average molecular weight is 445 g/mol. The van der Waals surface area contributed by atoms with E-state index in [-0.39, 0.29) is 10.7 Å². The molecule has 32 heavy (non-hydrogen) atoms. The van der Waals surface area contributed by atoms with Crippen molar-refractivity contribution in [3.8, 4) is 17.2 Å². The summed E-state index contributed by atoms with van der Waals surface area (Å²) in [5, 5.41) is 2.61. The van der Waals surface area contributed by atoms with Gasteiger partial charge in [-0.15, -0.1) is 0 Å². The molecule has 0 aromatic heterocycles. The summed E-state index contributed by atoms with van der Waals surface area (Å²) >= 11 is 5.28. The van der Waals surface area contributed by atoms with E-state index in [0.29, 0.717) is 35.1 Å². The number of carbonyl (C=O) groups excluding carboxylic acids is 2. The van der Waals surface area contributed by atoms with Crippen LogP contribution in [0.2, 0.25) is 0 Å². The Kier molecular flexibility index (Phi) is 6.28. The van der Waals surface area contributed by atoms with E-state index in [0.717, 1.165) is 0 Å². The normalized spacial score (nSPS) is 15.0. The highest BCUT2D eigenvalue weighted by Crippen LogP contribution is 2.28. The zero-order valence-corrected chi connectivity index (χ0v) is 18.1. The van der Waals surface area contributed by atoms with Crippen LogP contribution in [-0.4, -0.2) is 23.5 Å². The maximum Gasteiger partial charge on any atom is 0.270 e. The van der Waals surface area contributed by atoms with Gasteiger partial charge in [0.2, 0.25) is 0 Å². The number of ether oxygens (including phenoxy) is 2. The molecule has 7 heteroatoms. The van der Waals surface area contributed by atoms with Crippen molar-refractivity contribution in [2.45, 2.75) is 6.92 Å². The van der Waals surface area contributed by atoms with Gasteiger partial charge in [-0.1, -0.05) is 36.4 Å². The largest absolute Gasteiger partial charge is 0.493 e. The number of hydrogen-bond donors (Lipinski definition) is 1. The maximum atomic E-state index is 13.2. The molecule has 0 bridgehead atoms. The van der Waals surface area contributed by atoms with Crippen LogP contribution in [-0.2, 0) is 9.59 Å². The Bertz CT molecular complexity index is 1190. The zero-order chi connectivity index (χ0) is 22.5. The van der Waals surface area contributed by atoms with E-state index in [9.17, 15) is 9.59 Å². The van der Waals surface area contributed by atoms with Crippen LogP contribution in [0.5, 0.6) is 17.2 Å². The van der Waals surface area contributed by atoms with Crippen LogP contribution in [0, 0.1) is 0 Å². The Balaban J connectivity index is 1.61. The number of hydrogen-bond acceptors (Lipinski definition) is 5. The van der Waals surface area contributed by atoms with E-state index in [2.05, 4.69) is 5.32 Å². The third-order valence-electron chi connectivity index (χ3n) is 4.69. The molecule has 0 saturated carbocycles. The lowest BCUT2D eigenvalue weighted by atomic mass is 10.1. The van der Waals surface area contributed by atoms with Crippen molar-refractivity contribution in [2.24, 2.45) is 0 Å². The molecule has 0 spiro atoms. The Morgan fingerprint density at radius 2 is 1.56 bits per heavy atom. The van der Waals surface area contributed by atoms with Gasteiger partial charge in [0.1, 0.15) is 22.8 Å². The predicted molar refractivity (Wildman–Crippen MR) is 127 cm³/mol. The van der Waals surface area contributed by atoms with Crippen molar-refractivity contribution in [1.82, 2.24) is 5.32 Å². The molecule has 1 aliphatic rings. The number of nitrogens with one attached hydrogen (secondary N) is 1. The number of thiocarbonyl (C=S) groups is 1. The van der Waals surface area contributed by atoms with Crippen molar-refractivity contribution in [3.63, 3.8) is 0 Å². The van der Waals surface area contributed by atoms with Gasteiger partial charge in [-0.05, 0) is 67.7 Å². The molecule has 1 N–H and O–H groups in total. The lowest BCUT2D eigenvalue weighted by Crippen LogP contribution is -2.54. The summed E-state index contributed by atoms with van der Waals surface area (Å²) in [6.07, 6.45) is 1.52. The van der Waals surface area contributed by atoms with E-state index >= 15 is 0 Å². The minimum absolute atomic E-state index is 0.0203. The average Bonchev–Trinajstić information content (AvgIpc) is 2.79. The van der Waals surface area contributed by atoms with Crippen LogP contribution in [0.15, 0.2) is 84.4 Å². The quantitative estimate of drug-likeness (QED) is 0.339. The number of rotatable bonds is 6. The van der Waals surface area contributed by atoms with Crippen LogP contribution in [0.1, 0.15) is 12.5 Å². The van der Waals surface area contributed by atoms with Crippen LogP contribution < -0.4 is 19.7 Å². The van der Waals surface area contributed by atoms with Crippen LogP contribution in [0.25, 0.3) is 6.08 Å². The van der Waals surface area contributed by atoms with Crippen molar-refractivity contribution >= 4 is 40.9 Å². The highest BCUT2D eigenvalue weighted by atomic mass is 32.1. The molecule has 160 valence electrons. The number of carbonyl (C=O) groups is 2. The molecule has 1 aliphatic heterocycles. The Morgan fingerprint density at radius 1 is 0.906 bits per heavy atom. The van der Waals surface area contributed by atoms with E-state index in [4.69, 9.17) is 21.7 Å². The molecular weight excluding hydrogens is 424 g/mol. The standard InChI is InChI=1S/C25H20N2O4S/c1-2-30-22-11-7-6-8-17(22)16-21-23(28)26-25(32)27(24(21)29)18-12-14-20(15-13-18)31-19-9-4-3-5-10-19/h3-16H,2H2,1H3,(H,26,28,32)/b21-16+. The third kappa shape index (κ3) is 4.53. The number of para-hydroxylation sites is 2. The van der Waals surface area contributed by atoms with Gasteiger partial charge in [-0.25, -0.2) is 0 Å². The molecule has 1 heterocycles. The van der Waals surface area contributed by atoms with Gasteiger partial charge < -0.3 is 9.47 Å². The fraction of sp³-hybridized carbons (Fsp3) is 0.0800. The van der Waals surface area contributed by atoms with Gasteiger partial charge in [0.25, 0.3) is 11.8 Å². The second-order valence-electron chi connectivity index (χ2n) is 6.84. The molecule has 0 radical (unpaired) electrons. The number of amides is 2. The first kappa shape index (κ1) is 21.3. The topological polar surface area (TPSA) is 67.9 Å². The van der Waals surface area contributed by atoms with Crippen LogP contribution in [0.4, 0.5) is 5.69 Å². The number of benzene rings is 3. The Morgan fingerprint density at radius 3 is 2.28 bits per heavy atom. The van der Waals surface area contributed by atoms with Crippen molar-refractivity contribution in [3.05, 3.63) is 90.0 Å². The molecule has 3 aromatic carbocycles. The highest BCUT2D eigenvalue weighted by Gasteiger charge is 2.34. The van der Waals surface area contributed by atoms with Gasteiger partial charge in [-0.3, -0.25) is 19.8 Å². The molecule has 1 fully saturated rings. The Labute approximate surface area is 191 Å². The lowest BCUT2D eigenvalue weighted by molar-refractivity contribution is -0.122. The molecule has 0 aliphatic carbocycles. The molecule has 4 rings (SSSR count). The molecule has 1 saturated heterocycles. The first-order chi connectivity index (χ1) is 15.6. The molecule has 2 amide bonds. The van der Waals surface area contributed by atoms with E-state index in [1.165, 1.54) is 11.0 Å². The summed E-state index contributed by atoms with van der Waals surface area (Å²) in [4.78, 5) is 27.1. The first-order valence-electron chi connectivity index (χ1n) is 10.0. The van der Waals surface area contributed by atoms with Gasteiger partial charge in [0, 0.05) is 5.56 Å². The summed E-state index contributed by atoms with van der Waals surface area (Å²) < 4.78 is 11.4. The maximum absolute atomic E-state index is 13.2. The number of nitrogens with zero attached hydrogens (tertiary/aromatic N) is 1. The molecule has 3 aromatic rings. The van der Waals surface area contributed by atoms with E-state index < -0.39 is 11.8 Å². The monoisotopic (exact) mass is 444 g/mol. The van der Waals surface area contributed by atoms with Gasteiger partial charge >= 0.3 is 0 Å². The fourth-order valence-corrected chi connectivity index (χ4v) is 3.50. The van der Waals surface area contributed by atoms with Crippen LogP contribution >= 0.6 is 12.2 Å². The highest BCUT2D eigenvalue weighted by molar-refractivity contribution is 7.80. The Hall–Kier alpha value is -3.97. The lowest BCUT2D eigenvalue weighted by Gasteiger charge is -2.29.